The molecule has 1 aromatic rings. The second kappa shape index (κ2) is 5.67. The third-order valence-electron chi connectivity index (χ3n) is 1.92. The molecule has 14 heavy (non-hydrogen) atoms. The highest BCUT2D eigenvalue weighted by molar-refractivity contribution is 5.09. The molecule has 3 nitrogen and oxygen atoms in total. The van der Waals surface area contributed by atoms with Crippen molar-refractivity contribution in [2.24, 2.45) is 0 Å². The quantitative estimate of drug-likeness (QED) is 0.775. The van der Waals surface area contributed by atoms with Gasteiger partial charge < -0.3 is 10.1 Å². The Morgan fingerprint density at radius 3 is 3.00 bits per heavy atom. The number of rotatable bonds is 5. The zero-order chi connectivity index (χ0) is 10.4. The fraction of sp³-hybridized carbons (Fsp3) is 0.500. The first-order valence-corrected chi connectivity index (χ1v) is 4.55. The summed E-state index contributed by atoms with van der Waals surface area (Å²) in [5, 5.41) is 3.15. The highest BCUT2D eigenvalue weighted by Crippen LogP contribution is 2.00. The van der Waals surface area contributed by atoms with Gasteiger partial charge in [0, 0.05) is 26.4 Å². The number of hydrogen-bond acceptors (Lipinski definition) is 3. The Kier molecular flexibility index (Phi) is 4.49. The van der Waals surface area contributed by atoms with Crippen LogP contribution in [0, 0.1) is 5.82 Å². The molecule has 0 aromatic carbocycles. The van der Waals surface area contributed by atoms with Crippen molar-refractivity contribution in [2.45, 2.75) is 19.6 Å². The summed E-state index contributed by atoms with van der Waals surface area (Å²) in [4.78, 5) is 3.76. The van der Waals surface area contributed by atoms with Crippen molar-refractivity contribution in [3.63, 3.8) is 0 Å². The van der Waals surface area contributed by atoms with Crippen LogP contribution in [-0.2, 0) is 11.3 Å². The van der Waals surface area contributed by atoms with Crippen LogP contribution < -0.4 is 5.32 Å². The van der Waals surface area contributed by atoms with Crippen LogP contribution in [0.25, 0.3) is 0 Å². The van der Waals surface area contributed by atoms with Crippen LogP contribution in [0.3, 0.4) is 0 Å². The smallest absolute Gasteiger partial charge is 0.141 e. The van der Waals surface area contributed by atoms with Crippen molar-refractivity contribution in [1.82, 2.24) is 10.3 Å². The molecule has 1 heterocycles. The minimum Gasteiger partial charge on any atom is -0.380 e. The Balaban J connectivity index is 2.31. The molecule has 0 aliphatic heterocycles. The predicted molar refractivity (Wildman–Crippen MR) is 52.4 cm³/mol. The van der Waals surface area contributed by atoms with Crippen molar-refractivity contribution >= 4 is 0 Å². The summed E-state index contributed by atoms with van der Waals surface area (Å²) in [6, 6.07) is 1.47. The minimum atomic E-state index is -0.302. The number of hydrogen-bond donors (Lipinski definition) is 1. The molecule has 1 atom stereocenters. The summed E-state index contributed by atoms with van der Waals surface area (Å²) >= 11 is 0. The van der Waals surface area contributed by atoms with Crippen LogP contribution in [0.15, 0.2) is 18.5 Å². The van der Waals surface area contributed by atoms with Crippen molar-refractivity contribution in [3.05, 3.63) is 29.8 Å². The number of halogens is 1. The Hall–Kier alpha value is -1.00. The van der Waals surface area contributed by atoms with E-state index in [1.165, 1.54) is 12.3 Å². The third-order valence-corrected chi connectivity index (χ3v) is 1.92. The fourth-order valence-corrected chi connectivity index (χ4v) is 1.06. The molecule has 0 aliphatic carbocycles. The first kappa shape index (κ1) is 11.1. The van der Waals surface area contributed by atoms with E-state index in [4.69, 9.17) is 4.74 Å². The maximum Gasteiger partial charge on any atom is 0.141 e. The van der Waals surface area contributed by atoms with Crippen molar-refractivity contribution < 1.29 is 9.13 Å². The lowest BCUT2D eigenvalue weighted by molar-refractivity contribution is 0.117. The standard InChI is InChI=1S/C10H15FN2O/c1-8(14-2)4-12-5-9-3-10(11)7-13-6-9/h3,6-8,12H,4-5H2,1-2H3. The van der Waals surface area contributed by atoms with E-state index in [0.29, 0.717) is 6.54 Å². The molecular weight excluding hydrogens is 183 g/mol. The molecule has 0 amide bonds. The van der Waals surface area contributed by atoms with Crippen LogP contribution in [0.2, 0.25) is 0 Å². The summed E-state index contributed by atoms with van der Waals surface area (Å²) in [7, 11) is 1.66. The molecule has 78 valence electrons. The number of methoxy groups -OCH3 is 1. The SMILES string of the molecule is COC(C)CNCc1cncc(F)c1. The molecule has 0 fully saturated rings. The summed E-state index contributed by atoms with van der Waals surface area (Å²) in [6.07, 6.45) is 3.01. The van der Waals surface area contributed by atoms with E-state index in [1.54, 1.807) is 13.3 Å². The predicted octanol–water partition coefficient (Wildman–Crippen LogP) is 1.35. The molecule has 0 spiro atoms. The normalized spacial score (nSPS) is 12.8. The van der Waals surface area contributed by atoms with Gasteiger partial charge in [0.15, 0.2) is 0 Å². The average Bonchev–Trinajstić information content (AvgIpc) is 2.17. The van der Waals surface area contributed by atoms with E-state index < -0.39 is 0 Å². The molecule has 0 radical (unpaired) electrons. The van der Waals surface area contributed by atoms with Crippen molar-refractivity contribution in [2.75, 3.05) is 13.7 Å². The fourth-order valence-electron chi connectivity index (χ4n) is 1.06. The molecule has 4 heteroatoms. The Labute approximate surface area is 83.3 Å². The first-order valence-electron chi connectivity index (χ1n) is 4.55. The van der Waals surface area contributed by atoms with E-state index >= 15 is 0 Å². The number of aromatic nitrogens is 1. The monoisotopic (exact) mass is 198 g/mol. The molecule has 1 rings (SSSR count). The van der Waals surface area contributed by atoms with Gasteiger partial charge in [-0.15, -0.1) is 0 Å². The minimum absolute atomic E-state index is 0.163. The van der Waals surface area contributed by atoms with Crippen LogP contribution in [0.1, 0.15) is 12.5 Å². The van der Waals surface area contributed by atoms with E-state index in [-0.39, 0.29) is 11.9 Å². The van der Waals surface area contributed by atoms with Crippen LogP contribution >= 0.6 is 0 Å². The van der Waals surface area contributed by atoms with Gasteiger partial charge in [-0.05, 0) is 18.6 Å². The van der Waals surface area contributed by atoms with Crippen LogP contribution in [0.4, 0.5) is 4.39 Å². The zero-order valence-electron chi connectivity index (χ0n) is 8.46. The van der Waals surface area contributed by atoms with Gasteiger partial charge >= 0.3 is 0 Å². The lowest BCUT2D eigenvalue weighted by atomic mass is 10.3. The van der Waals surface area contributed by atoms with Crippen molar-refractivity contribution in [1.29, 1.82) is 0 Å². The first-order chi connectivity index (χ1) is 6.72. The van der Waals surface area contributed by atoms with E-state index in [0.717, 1.165) is 12.1 Å². The average molecular weight is 198 g/mol. The van der Waals surface area contributed by atoms with Gasteiger partial charge in [0.05, 0.1) is 12.3 Å². The lowest BCUT2D eigenvalue weighted by Crippen LogP contribution is -2.25. The highest BCUT2D eigenvalue weighted by Gasteiger charge is 1.99. The van der Waals surface area contributed by atoms with E-state index in [2.05, 4.69) is 10.3 Å². The number of nitrogens with zero attached hydrogens (tertiary/aromatic N) is 1. The lowest BCUT2D eigenvalue weighted by Gasteiger charge is -2.10. The molecule has 0 aliphatic rings. The molecule has 1 aromatic heterocycles. The highest BCUT2D eigenvalue weighted by atomic mass is 19.1. The summed E-state index contributed by atoms with van der Waals surface area (Å²) in [5.41, 5.74) is 0.841. The second-order valence-corrected chi connectivity index (χ2v) is 3.19. The topological polar surface area (TPSA) is 34.1 Å². The molecule has 0 saturated carbocycles. The number of ether oxygens (including phenoxy) is 1. The Morgan fingerprint density at radius 1 is 1.57 bits per heavy atom. The third kappa shape index (κ3) is 3.81. The van der Waals surface area contributed by atoms with Gasteiger partial charge in [-0.3, -0.25) is 4.98 Å². The molecular formula is C10H15FN2O. The van der Waals surface area contributed by atoms with Gasteiger partial charge in [-0.25, -0.2) is 4.39 Å². The Bertz CT molecular complexity index is 281. The molecule has 1 unspecified atom stereocenters. The van der Waals surface area contributed by atoms with Gasteiger partial charge in [0.1, 0.15) is 5.82 Å². The van der Waals surface area contributed by atoms with Crippen LogP contribution in [-0.4, -0.2) is 24.7 Å². The van der Waals surface area contributed by atoms with Gasteiger partial charge in [-0.1, -0.05) is 0 Å². The Morgan fingerprint density at radius 2 is 2.36 bits per heavy atom. The van der Waals surface area contributed by atoms with E-state index in [9.17, 15) is 4.39 Å². The number of nitrogens with one attached hydrogen (secondary N) is 1. The summed E-state index contributed by atoms with van der Waals surface area (Å²) in [5.74, 6) is -0.302. The number of pyridine rings is 1. The maximum absolute atomic E-state index is 12.7. The molecule has 0 bridgehead atoms. The maximum atomic E-state index is 12.7. The largest absolute Gasteiger partial charge is 0.380 e. The van der Waals surface area contributed by atoms with Gasteiger partial charge in [0.2, 0.25) is 0 Å². The van der Waals surface area contributed by atoms with Gasteiger partial charge in [-0.2, -0.15) is 0 Å². The van der Waals surface area contributed by atoms with Gasteiger partial charge in [0.25, 0.3) is 0 Å². The summed E-state index contributed by atoms with van der Waals surface area (Å²) < 4.78 is 17.8. The summed E-state index contributed by atoms with van der Waals surface area (Å²) in [6.45, 7) is 3.32. The zero-order valence-corrected chi connectivity index (χ0v) is 8.46. The van der Waals surface area contributed by atoms with E-state index in [1.807, 2.05) is 6.92 Å². The molecule has 1 N–H and O–H groups in total. The molecule has 0 saturated heterocycles. The van der Waals surface area contributed by atoms with Crippen LogP contribution in [0.5, 0.6) is 0 Å². The second-order valence-electron chi connectivity index (χ2n) is 3.19. The van der Waals surface area contributed by atoms with Crippen molar-refractivity contribution in [3.8, 4) is 0 Å².